The molecule has 1 aliphatic rings. The van der Waals surface area contributed by atoms with Crippen LogP contribution in [0.2, 0.25) is 0 Å². The van der Waals surface area contributed by atoms with Gasteiger partial charge >= 0.3 is 0 Å². The van der Waals surface area contributed by atoms with Crippen LogP contribution in [0, 0.1) is 0 Å². The fraction of sp³-hybridized carbons (Fsp3) is 0.400. The zero-order valence-corrected chi connectivity index (χ0v) is 23.0. The van der Waals surface area contributed by atoms with Gasteiger partial charge in [0, 0.05) is 35.8 Å². The van der Waals surface area contributed by atoms with E-state index in [2.05, 4.69) is 57.3 Å². The number of imidazole rings is 1. The molecule has 0 saturated heterocycles. The molecule has 0 amide bonds. The minimum Gasteiger partial charge on any atom is -0.336 e. The maximum Gasteiger partial charge on any atom is 0.294 e. The Morgan fingerprint density at radius 2 is 2.03 bits per heavy atom. The summed E-state index contributed by atoms with van der Waals surface area (Å²) < 4.78 is 7.24. The van der Waals surface area contributed by atoms with Crippen LogP contribution in [0.15, 0.2) is 47.4 Å². The van der Waals surface area contributed by atoms with Gasteiger partial charge in [0.15, 0.2) is 11.5 Å². The van der Waals surface area contributed by atoms with Gasteiger partial charge in [0.05, 0.1) is 17.3 Å². The van der Waals surface area contributed by atoms with Crippen molar-refractivity contribution in [3.63, 3.8) is 0 Å². The number of fused-ring (bicyclic) bond motifs is 2. The van der Waals surface area contributed by atoms with Crippen LogP contribution in [0.3, 0.4) is 0 Å². The number of nitrogens with zero attached hydrogens (tertiary/aromatic N) is 6. The number of H-pyrrole nitrogens is 1. The topological polar surface area (TPSA) is 115 Å². The molecule has 9 heteroatoms. The van der Waals surface area contributed by atoms with Crippen LogP contribution < -0.4 is 0 Å². The van der Waals surface area contributed by atoms with Crippen molar-refractivity contribution in [3.8, 4) is 22.5 Å². The molecule has 1 aromatic carbocycles. The fourth-order valence-corrected chi connectivity index (χ4v) is 5.28. The predicted octanol–water partition coefficient (Wildman–Crippen LogP) is 6.44. The number of ketones is 1. The Kier molecular flexibility index (Phi) is 6.16. The standard InChI is InChI=1S/C30H33N7O2/c1-17(2)37-16-21(15-32-37)26-33-25-23(11-12-31-27(25)34-26)20-9-10-22-18(13-20)7-6-8-19(22)14-24(38)28-35-29(36-39-28)30(3,4)5/h9-13,15-17,19H,6-8,14H2,1-5H3,(H,31,33,34). The molecule has 1 atom stereocenters. The van der Waals surface area contributed by atoms with Gasteiger partial charge in [0.1, 0.15) is 5.82 Å². The summed E-state index contributed by atoms with van der Waals surface area (Å²) in [6, 6.07) is 8.86. The summed E-state index contributed by atoms with van der Waals surface area (Å²) in [6.45, 7) is 10.2. The molecule has 0 fully saturated rings. The first-order valence-corrected chi connectivity index (χ1v) is 13.6. The van der Waals surface area contributed by atoms with E-state index in [0.29, 0.717) is 17.9 Å². The fourth-order valence-electron chi connectivity index (χ4n) is 5.28. The number of benzene rings is 1. The lowest BCUT2D eigenvalue weighted by atomic mass is 9.79. The molecule has 1 N–H and O–H groups in total. The van der Waals surface area contributed by atoms with Crippen molar-refractivity contribution in [2.24, 2.45) is 0 Å². The molecule has 0 radical (unpaired) electrons. The van der Waals surface area contributed by atoms with Crippen LogP contribution in [0.25, 0.3) is 33.7 Å². The first-order valence-electron chi connectivity index (χ1n) is 13.6. The van der Waals surface area contributed by atoms with Crippen molar-refractivity contribution >= 4 is 16.9 Å². The third-order valence-corrected chi connectivity index (χ3v) is 7.46. The van der Waals surface area contributed by atoms with Crippen LogP contribution in [0.4, 0.5) is 0 Å². The molecule has 1 aliphatic carbocycles. The van der Waals surface area contributed by atoms with E-state index < -0.39 is 0 Å². The van der Waals surface area contributed by atoms with Gasteiger partial charge in [-0.25, -0.2) is 9.97 Å². The van der Waals surface area contributed by atoms with Gasteiger partial charge in [-0.3, -0.25) is 9.48 Å². The maximum absolute atomic E-state index is 13.0. The Morgan fingerprint density at radius 3 is 2.77 bits per heavy atom. The number of aryl methyl sites for hydroxylation is 1. The van der Waals surface area contributed by atoms with E-state index in [9.17, 15) is 4.79 Å². The van der Waals surface area contributed by atoms with Crippen molar-refractivity contribution in [1.29, 1.82) is 0 Å². The summed E-state index contributed by atoms with van der Waals surface area (Å²) in [4.78, 5) is 30.1. The average molecular weight is 524 g/mol. The Balaban J connectivity index is 1.28. The third kappa shape index (κ3) is 4.77. The third-order valence-electron chi connectivity index (χ3n) is 7.46. The lowest BCUT2D eigenvalue weighted by molar-refractivity contribution is 0.0928. The Labute approximate surface area is 227 Å². The molecule has 0 saturated carbocycles. The lowest BCUT2D eigenvalue weighted by Gasteiger charge is -2.25. The van der Waals surface area contributed by atoms with E-state index in [-0.39, 0.29) is 29.0 Å². The second-order valence-electron chi connectivity index (χ2n) is 11.7. The van der Waals surface area contributed by atoms with E-state index in [4.69, 9.17) is 9.51 Å². The van der Waals surface area contributed by atoms with Gasteiger partial charge in [0.25, 0.3) is 5.89 Å². The van der Waals surface area contributed by atoms with Crippen molar-refractivity contribution in [2.45, 2.75) is 77.7 Å². The second-order valence-corrected chi connectivity index (χ2v) is 11.7. The number of carbonyl (C=O) groups excluding carboxylic acids is 1. The molecule has 4 aromatic heterocycles. The molecule has 0 aliphatic heterocycles. The highest BCUT2D eigenvalue weighted by atomic mass is 16.5. The molecular formula is C30H33N7O2. The zero-order valence-electron chi connectivity index (χ0n) is 23.0. The first-order chi connectivity index (χ1) is 18.7. The summed E-state index contributed by atoms with van der Waals surface area (Å²) >= 11 is 0. The molecule has 1 unspecified atom stereocenters. The van der Waals surface area contributed by atoms with Gasteiger partial charge < -0.3 is 9.51 Å². The minimum absolute atomic E-state index is 0.0958. The molecule has 9 nitrogen and oxygen atoms in total. The van der Waals surface area contributed by atoms with E-state index in [1.54, 1.807) is 6.20 Å². The SMILES string of the molecule is CC(C)n1cc(-c2nc3nccc(-c4ccc5c(c4)CCCC5CC(=O)c4nc(C(C)(C)C)no4)c3[nH]2)cn1. The van der Waals surface area contributed by atoms with Gasteiger partial charge in [-0.2, -0.15) is 10.1 Å². The summed E-state index contributed by atoms with van der Waals surface area (Å²) in [7, 11) is 0. The quantitative estimate of drug-likeness (QED) is 0.255. The zero-order chi connectivity index (χ0) is 27.3. The summed E-state index contributed by atoms with van der Waals surface area (Å²) in [5.74, 6) is 1.45. The van der Waals surface area contributed by atoms with E-state index in [0.717, 1.165) is 47.3 Å². The van der Waals surface area contributed by atoms with Crippen molar-refractivity contribution in [1.82, 2.24) is 34.9 Å². The largest absolute Gasteiger partial charge is 0.336 e. The number of pyridine rings is 1. The number of hydrogen-bond acceptors (Lipinski definition) is 7. The smallest absolute Gasteiger partial charge is 0.294 e. The van der Waals surface area contributed by atoms with Crippen LogP contribution >= 0.6 is 0 Å². The number of Topliss-reactive ketones (excluding diaryl/α,β-unsaturated/α-hetero) is 1. The highest BCUT2D eigenvalue weighted by Crippen LogP contribution is 2.38. The number of hydrogen-bond donors (Lipinski definition) is 1. The van der Waals surface area contributed by atoms with Crippen LogP contribution in [0.1, 0.15) is 93.5 Å². The number of rotatable bonds is 6. The van der Waals surface area contributed by atoms with Crippen molar-refractivity contribution in [3.05, 3.63) is 65.7 Å². The first kappa shape index (κ1) is 25.2. The average Bonchev–Trinajstić information content (AvgIpc) is 3.67. The van der Waals surface area contributed by atoms with Gasteiger partial charge in [-0.15, -0.1) is 0 Å². The Morgan fingerprint density at radius 1 is 1.18 bits per heavy atom. The molecule has 39 heavy (non-hydrogen) atoms. The van der Waals surface area contributed by atoms with Gasteiger partial charge in [0.2, 0.25) is 5.78 Å². The number of aromatic nitrogens is 7. The monoisotopic (exact) mass is 523 g/mol. The Bertz CT molecular complexity index is 1670. The van der Waals surface area contributed by atoms with E-state index in [1.807, 2.05) is 43.9 Å². The molecule has 0 bridgehead atoms. The predicted molar refractivity (Wildman–Crippen MR) is 149 cm³/mol. The molecular weight excluding hydrogens is 490 g/mol. The van der Waals surface area contributed by atoms with Crippen LogP contribution in [0.5, 0.6) is 0 Å². The number of aromatic amines is 1. The number of nitrogens with one attached hydrogen (secondary N) is 1. The molecule has 200 valence electrons. The van der Waals surface area contributed by atoms with Crippen LogP contribution in [-0.4, -0.2) is 40.7 Å². The molecule has 6 rings (SSSR count). The minimum atomic E-state index is -0.264. The highest BCUT2D eigenvalue weighted by Gasteiger charge is 2.28. The van der Waals surface area contributed by atoms with Crippen molar-refractivity contribution in [2.75, 3.05) is 0 Å². The van der Waals surface area contributed by atoms with E-state index >= 15 is 0 Å². The number of carbonyl (C=O) groups is 1. The summed E-state index contributed by atoms with van der Waals surface area (Å²) in [6.07, 6.45) is 8.98. The normalized spacial score (nSPS) is 15.7. The summed E-state index contributed by atoms with van der Waals surface area (Å²) in [5, 5.41) is 8.47. The van der Waals surface area contributed by atoms with Gasteiger partial charge in [-0.1, -0.05) is 44.1 Å². The maximum atomic E-state index is 13.0. The highest BCUT2D eigenvalue weighted by molar-refractivity contribution is 5.93. The summed E-state index contributed by atoms with van der Waals surface area (Å²) in [5.41, 5.74) is 6.91. The van der Waals surface area contributed by atoms with Crippen LogP contribution in [-0.2, 0) is 11.8 Å². The molecule has 5 aromatic rings. The Hall–Kier alpha value is -4.14. The molecule has 4 heterocycles. The van der Waals surface area contributed by atoms with E-state index in [1.165, 1.54) is 11.1 Å². The second kappa shape index (κ2) is 9.55. The van der Waals surface area contributed by atoms with Gasteiger partial charge in [-0.05, 0) is 61.8 Å². The van der Waals surface area contributed by atoms with Crippen molar-refractivity contribution < 1.29 is 9.32 Å². The molecule has 0 spiro atoms. The lowest BCUT2D eigenvalue weighted by Crippen LogP contribution is -2.16.